The van der Waals surface area contributed by atoms with Crippen LogP contribution in [0.1, 0.15) is 11.3 Å². The summed E-state index contributed by atoms with van der Waals surface area (Å²) < 4.78 is 4.05. The summed E-state index contributed by atoms with van der Waals surface area (Å²) >= 11 is 1.56. The zero-order valence-corrected chi connectivity index (χ0v) is 8.26. The second-order valence-corrected chi connectivity index (χ2v) is 4.42. The number of aliphatic hydroxyl groups is 1. The van der Waals surface area contributed by atoms with Gasteiger partial charge in [0.1, 0.15) is 0 Å². The standard InChI is InChI=1S/C9H14N2OS/c12-9-6-10-5-7(9)1-2-8-3-4-11-13-8/h3-4,7,9-10,12H,1-2,5-6H2/t7-,9-/m1/s1. The zero-order valence-electron chi connectivity index (χ0n) is 7.44. The number of aliphatic hydroxyl groups excluding tert-OH is 1. The van der Waals surface area contributed by atoms with Gasteiger partial charge in [0.05, 0.1) is 6.10 Å². The molecule has 72 valence electrons. The van der Waals surface area contributed by atoms with Gasteiger partial charge in [-0.3, -0.25) is 0 Å². The van der Waals surface area contributed by atoms with E-state index in [-0.39, 0.29) is 6.10 Å². The van der Waals surface area contributed by atoms with E-state index in [1.165, 1.54) is 4.88 Å². The molecule has 1 aromatic heterocycles. The Labute approximate surface area is 82.0 Å². The molecule has 0 spiro atoms. The van der Waals surface area contributed by atoms with E-state index in [1.807, 2.05) is 6.20 Å². The fourth-order valence-electron chi connectivity index (χ4n) is 1.71. The van der Waals surface area contributed by atoms with E-state index in [1.54, 1.807) is 11.5 Å². The summed E-state index contributed by atoms with van der Waals surface area (Å²) in [6.07, 6.45) is 3.81. The van der Waals surface area contributed by atoms with Gasteiger partial charge in [-0.2, -0.15) is 0 Å². The monoisotopic (exact) mass is 198 g/mol. The molecule has 0 radical (unpaired) electrons. The molecule has 1 aromatic rings. The summed E-state index contributed by atoms with van der Waals surface area (Å²) in [7, 11) is 0. The molecule has 0 unspecified atom stereocenters. The summed E-state index contributed by atoms with van der Waals surface area (Å²) in [5, 5.41) is 12.7. The van der Waals surface area contributed by atoms with Gasteiger partial charge >= 0.3 is 0 Å². The maximum atomic E-state index is 9.54. The van der Waals surface area contributed by atoms with Gasteiger partial charge in [0.15, 0.2) is 0 Å². The normalized spacial score (nSPS) is 28.1. The first kappa shape index (κ1) is 9.12. The molecule has 2 N–H and O–H groups in total. The van der Waals surface area contributed by atoms with Crippen molar-refractivity contribution < 1.29 is 5.11 Å². The van der Waals surface area contributed by atoms with E-state index in [4.69, 9.17) is 0 Å². The molecule has 0 saturated carbocycles. The number of nitrogens with one attached hydrogen (secondary N) is 1. The Bertz CT molecular complexity index is 250. The molecular formula is C9H14N2OS. The number of hydrogen-bond donors (Lipinski definition) is 2. The number of aromatic nitrogens is 1. The van der Waals surface area contributed by atoms with Crippen molar-refractivity contribution in [3.05, 3.63) is 17.1 Å². The van der Waals surface area contributed by atoms with Gasteiger partial charge in [0.2, 0.25) is 0 Å². The van der Waals surface area contributed by atoms with E-state index in [0.717, 1.165) is 25.9 Å². The van der Waals surface area contributed by atoms with E-state index in [0.29, 0.717) is 5.92 Å². The van der Waals surface area contributed by atoms with Crippen molar-refractivity contribution in [1.82, 2.24) is 9.69 Å². The van der Waals surface area contributed by atoms with Crippen LogP contribution in [0.3, 0.4) is 0 Å². The first-order chi connectivity index (χ1) is 6.36. The Hall–Kier alpha value is -0.450. The maximum absolute atomic E-state index is 9.54. The van der Waals surface area contributed by atoms with Crippen LogP contribution in [0.4, 0.5) is 0 Å². The second-order valence-electron chi connectivity index (χ2n) is 3.50. The molecule has 1 aliphatic rings. The highest BCUT2D eigenvalue weighted by Crippen LogP contribution is 2.17. The van der Waals surface area contributed by atoms with Crippen LogP contribution in [0, 0.1) is 5.92 Å². The third-order valence-corrected chi connectivity index (χ3v) is 3.36. The predicted molar refractivity (Wildman–Crippen MR) is 52.8 cm³/mol. The number of aryl methyl sites for hydroxylation is 1. The van der Waals surface area contributed by atoms with Gasteiger partial charge in [-0.15, -0.1) is 0 Å². The lowest BCUT2D eigenvalue weighted by atomic mass is 10.00. The minimum atomic E-state index is -0.145. The van der Waals surface area contributed by atoms with Gasteiger partial charge < -0.3 is 10.4 Å². The molecule has 0 aliphatic carbocycles. The first-order valence-corrected chi connectivity index (χ1v) is 5.42. The predicted octanol–water partition coefficient (Wildman–Crippen LogP) is 0.656. The lowest BCUT2D eigenvalue weighted by Gasteiger charge is -2.11. The number of nitrogens with zero attached hydrogens (tertiary/aromatic N) is 1. The van der Waals surface area contributed by atoms with E-state index < -0.39 is 0 Å². The number of hydrogen-bond acceptors (Lipinski definition) is 4. The maximum Gasteiger partial charge on any atom is 0.0704 e. The van der Waals surface area contributed by atoms with E-state index in [2.05, 4.69) is 15.8 Å². The summed E-state index contributed by atoms with van der Waals surface area (Å²) in [4.78, 5) is 1.32. The highest BCUT2D eigenvalue weighted by molar-refractivity contribution is 7.05. The minimum Gasteiger partial charge on any atom is -0.391 e. The third kappa shape index (κ3) is 2.27. The third-order valence-electron chi connectivity index (χ3n) is 2.56. The highest BCUT2D eigenvalue weighted by atomic mass is 32.1. The van der Waals surface area contributed by atoms with Crippen molar-refractivity contribution in [2.24, 2.45) is 5.92 Å². The van der Waals surface area contributed by atoms with E-state index >= 15 is 0 Å². The van der Waals surface area contributed by atoms with Crippen LogP contribution in [0.5, 0.6) is 0 Å². The molecule has 2 rings (SSSR count). The van der Waals surface area contributed by atoms with Gasteiger partial charge in [-0.1, -0.05) is 0 Å². The largest absolute Gasteiger partial charge is 0.391 e. The molecule has 2 heterocycles. The van der Waals surface area contributed by atoms with Crippen molar-refractivity contribution >= 4 is 11.5 Å². The Balaban J connectivity index is 1.79. The topological polar surface area (TPSA) is 45.1 Å². The molecular weight excluding hydrogens is 184 g/mol. The van der Waals surface area contributed by atoms with Crippen molar-refractivity contribution in [2.75, 3.05) is 13.1 Å². The van der Waals surface area contributed by atoms with Crippen LogP contribution < -0.4 is 5.32 Å². The molecule has 0 bridgehead atoms. The van der Waals surface area contributed by atoms with Crippen molar-refractivity contribution in [3.63, 3.8) is 0 Å². The van der Waals surface area contributed by atoms with Gasteiger partial charge in [-0.25, -0.2) is 4.37 Å². The lowest BCUT2D eigenvalue weighted by Crippen LogP contribution is -2.18. The van der Waals surface area contributed by atoms with Crippen molar-refractivity contribution in [2.45, 2.75) is 18.9 Å². The Morgan fingerprint density at radius 3 is 3.15 bits per heavy atom. The van der Waals surface area contributed by atoms with Gasteiger partial charge in [-0.05, 0) is 36.4 Å². The molecule has 0 amide bonds. The summed E-state index contributed by atoms with van der Waals surface area (Å²) in [6, 6.07) is 2.05. The molecule has 1 fully saturated rings. The van der Waals surface area contributed by atoms with Crippen LogP contribution >= 0.6 is 11.5 Å². The number of β-amino-alcohol motifs (C(OH)–C–C–N with tert-alkyl or cyclic N) is 1. The SMILES string of the molecule is O[C@@H]1CNC[C@H]1CCc1ccns1. The summed E-state index contributed by atoms with van der Waals surface area (Å²) in [5.74, 6) is 0.432. The molecule has 0 aromatic carbocycles. The van der Waals surface area contributed by atoms with Gasteiger partial charge in [0, 0.05) is 24.2 Å². The van der Waals surface area contributed by atoms with Crippen LogP contribution in [0.15, 0.2) is 12.3 Å². The molecule has 2 atom stereocenters. The average Bonchev–Trinajstić information content (AvgIpc) is 2.72. The Morgan fingerprint density at radius 2 is 2.54 bits per heavy atom. The van der Waals surface area contributed by atoms with Gasteiger partial charge in [0.25, 0.3) is 0 Å². The van der Waals surface area contributed by atoms with Crippen LogP contribution in [-0.2, 0) is 6.42 Å². The van der Waals surface area contributed by atoms with Crippen molar-refractivity contribution in [1.29, 1.82) is 0 Å². The molecule has 4 heteroatoms. The highest BCUT2D eigenvalue weighted by Gasteiger charge is 2.24. The number of rotatable bonds is 3. The van der Waals surface area contributed by atoms with Crippen LogP contribution in [0.2, 0.25) is 0 Å². The van der Waals surface area contributed by atoms with E-state index in [9.17, 15) is 5.11 Å². The van der Waals surface area contributed by atoms with Crippen LogP contribution in [-0.4, -0.2) is 28.7 Å². The first-order valence-electron chi connectivity index (χ1n) is 4.64. The molecule has 3 nitrogen and oxygen atoms in total. The summed E-state index contributed by atoms with van der Waals surface area (Å²) in [6.45, 7) is 1.72. The summed E-state index contributed by atoms with van der Waals surface area (Å²) in [5.41, 5.74) is 0. The second kappa shape index (κ2) is 4.17. The fraction of sp³-hybridized carbons (Fsp3) is 0.667. The fourth-order valence-corrected chi connectivity index (χ4v) is 2.30. The Kier molecular flexibility index (Phi) is 2.93. The Morgan fingerprint density at radius 1 is 1.62 bits per heavy atom. The molecule has 1 saturated heterocycles. The average molecular weight is 198 g/mol. The smallest absolute Gasteiger partial charge is 0.0704 e. The quantitative estimate of drug-likeness (QED) is 0.750. The molecule has 1 aliphatic heterocycles. The zero-order chi connectivity index (χ0) is 9.10. The van der Waals surface area contributed by atoms with Crippen molar-refractivity contribution in [3.8, 4) is 0 Å². The lowest BCUT2D eigenvalue weighted by molar-refractivity contribution is 0.143. The minimum absolute atomic E-state index is 0.145. The molecule has 13 heavy (non-hydrogen) atoms. The van der Waals surface area contributed by atoms with Crippen LogP contribution in [0.25, 0.3) is 0 Å².